The zero-order valence-corrected chi connectivity index (χ0v) is 13.2. The number of anilines is 1. The molecular weight excluding hydrogens is 288 g/mol. The topological polar surface area (TPSA) is 51.2 Å². The van der Waals surface area contributed by atoms with E-state index in [0.29, 0.717) is 4.99 Å². The van der Waals surface area contributed by atoms with E-state index in [4.69, 9.17) is 22.4 Å². The van der Waals surface area contributed by atoms with Crippen LogP contribution in [0.15, 0.2) is 45.9 Å². The molecule has 0 fully saturated rings. The SMILES string of the molecule is CCSc1cccc(NC(C)c2ccco2)c1C(N)=S. The average Bonchev–Trinajstić information content (AvgIpc) is 2.92. The Kier molecular flexibility index (Phi) is 5.09. The molecule has 2 aromatic rings. The van der Waals surface area contributed by atoms with Gasteiger partial charge < -0.3 is 15.5 Å². The number of hydrogen-bond donors (Lipinski definition) is 2. The molecule has 1 aromatic heterocycles. The fourth-order valence-corrected chi connectivity index (χ4v) is 3.16. The normalized spacial score (nSPS) is 12.1. The summed E-state index contributed by atoms with van der Waals surface area (Å²) in [6, 6.07) is 9.93. The molecule has 0 aliphatic rings. The second-order valence-corrected chi connectivity index (χ2v) is 6.10. The molecule has 1 aromatic carbocycles. The predicted octanol–water partition coefficient (Wildman–Crippen LogP) is 4.20. The van der Waals surface area contributed by atoms with Gasteiger partial charge in [-0.3, -0.25) is 0 Å². The van der Waals surface area contributed by atoms with E-state index in [0.717, 1.165) is 27.7 Å². The quantitative estimate of drug-likeness (QED) is 0.619. The summed E-state index contributed by atoms with van der Waals surface area (Å²) >= 11 is 6.94. The largest absolute Gasteiger partial charge is 0.467 e. The Balaban J connectivity index is 2.31. The Morgan fingerprint density at radius 3 is 2.80 bits per heavy atom. The minimum Gasteiger partial charge on any atom is -0.467 e. The number of nitrogens with one attached hydrogen (secondary N) is 1. The number of rotatable bonds is 6. The van der Waals surface area contributed by atoms with Gasteiger partial charge in [-0.15, -0.1) is 11.8 Å². The molecule has 106 valence electrons. The second-order valence-electron chi connectivity index (χ2n) is 4.36. The molecule has 3 N–H and O–H groups in total. The van der Waals surface area contributed by atoms with Crippen LogP contribution >= 0.6 is 24.0 Å². The van der Waals surface area contributed by atoms with Crippen molar-refractivity contribution in [1.29, 1.82) is 0 Å². The van der Waals surface area contributed by atoms with Gasteiger partial charge in [-0.25, -0.2) is 0 Å². The highest BCUT2D eigenvalue weighted by molar-refractivity contribution is 7.99. The molecule has 1 unspecified atom stereocenters. The average molecular weight is 306 g/mol. The number of nitrogens with two attached hydrogens (primary N) is 1. The van der Waals surface area contributed by atoms with Crippen LogP contribution in [0, 0.1) is 0 Å². The van der Waals surface area contributed by atoms with Crippen LogP contribution in [0.4, 0.5) is 5.69 Å². The van der Waals surface area contributed by atoms with Gasteiger partial charge in [-0.05, 0) is 36.9 Å². The fraction of sp³-hybridized carbons (Fsp3) is 0.267. The summed E-state index contributed by atoms with van der Waals surface area (Å²) < 4.78 is 5.41. The molecule has 0 bridgehead atoms. The highest BCUT2D eigenvalue weighted by atomic mass is 32.2. The molecule has 0 radical (unpaired) electrons. The van der Waals surface area contributed by atoms with Gasteiger partial charge in [0, 0.05) is 16.1 Å². The first-order chi connectivity index (χ1) is 9.63. The van der Waals surface area contributed by atoms with Crippen molar-refractivity contribution in [2.75, 3.05) is 11.1 Å². The molecule has 5 heteroatoms. The smallest absolute Gasteiger partial charge is 0.125 e. The molecule has 0 spiro atoms. The van der Waals surface area contributed by atoms with Gasteiger partial charge in [0.25, 0.3) is 0 Å². The van der Waals surface area contributed by atoms with Crippen molar-refractivity contribution in [2.45, 2.75) is 24.8 Å². The lowest BCUT2D eigenvalue weighted by Gasteiger charge is -2.18. The monoisotopic (exact) mass is 306 g/mol. The van der Waals surface area contributed by atoms with Crippen LogP contribution in [-0.2, 0) is 0 Å². The van der Waals surface area contributed by atoms with Crippen molar-refractivity contribution in [3.8, 4) is 0 Å². The maximum absolute atomic E-state index is 5.89. The first-order valence-electron chi connectivity index (χ1n) is 6.49. The van der Waals surface area contributed by atoms with Crippen molar-refractivity contribution in [1.82, 2.24) is 0 Å². The van der Waals surface area contributed by atoms with E-state index in [-0.39, 0.29) is 6.04 Å². The minimum absolute atomic E-state index is 0.0555. The third-order valence-corrected chi connectivity index (χ3v) is 4.06. The Morgan fingerprint density at radius 2 is 2.20 bits per heavy atom. The Bertz CT molecular complexity index is 582. The highest BCUT2D eigenvalue weighted by Gasteiger charge is 2.14. The van der Waals surface area contributed by atoms with Gasteiger partial charge >= 0.3 is 0 Å². The molecule has 0 saturated heterocycles. The van der Waals surface area contributed by atoms with E-state index in [1.165, 1.54) is 0 Å². The molecule has 0 aliphatic heterocycles. The number of thiocarbonyl (C=S) groups is 1. The van der Waals surface area contributed by atoms with Crippen molar-refractivity contribution < 1.29 is 4.42 Å². The van der Waals surface area contributed by atoms with Gasteiger partial charge in [0.05, 0.1) is 12.3 Å². The van der Waals surface area contributed by atoms with Crippen LogP contribution in [0.5, 0.6) is 0 Å². The first kappa shape index (κ1) is 14.9. The Hall–Kier alpha value is -1.46. The van der Waals surface area contributed by atoms with E-state index in [1.54, 1.807) is 18.0 Å². The number of benzene rings is 1. The lowest BCUT2D eigenvalue weighted by Crippen LogP contribution is -2.16. The van der Waals surface area contributed by atoms with Crippen LogP contribution in [0.2, 0.25) is 0 Å². The van der Waals surface area contributed by atoms with Crippen molar-refractivity contribution >= 4 is 34.7 Å². The molecule has 20 heavy (non-hydrogen) atoms. The summed E-state index contributed by atoms with van der Waals surface area (Å²) in [5, 5.41) is 3.42. The standard InChI is InChI=1S/C15H18N2OS2/c1-3-20-13-8-4-6-11(14(13)15(16)19)17-10(2)12-7-5-9-18-12/h4-10,17H,3H2,1-2H3,(H2,16,19). The zero-order valence-electron chi connectivity index (χ0n) is 11.6. The van der Waals surface area contributed by atoms with Crippen LogP contribution in [0.25, 0.3) is 0 Å². The molecular formula is C15H18N2OS2. The zero-order chi connectivity index (χ0) is 14.5. The third kappa shape index (κ3) is 3.35. The van der Waals surface area contributed by atoms with E-state index < -0.39 is 0 Å². The van der Waals surface area contributed by atoms with Crippen molar-refractivity contribution in [3.05, 3.63) is 47.9 Å². The summed E-state index contributed by atoms with van der Waals surface area (Å²) in [6.45, 7) is 4.15. The molecule has 0 aliphatic carbocycles. The number of hydrogen-bond acceptors (Lipinski definition) is 4. The molecule has 0 amide bonds. The lowest BCUT2D eigenvalue weighted by atomic mass is 10.1. The second kappa shape index (κ2) is 6.81. The molecule has 1 atom stereocenters. The minimum atomic E-state index is 0.0555. The summed E-state index contributed by atoms with van der Waals surface area (Å²) in [5.41, 5.74) is 7.75. The first-order valence-corrected chi connectivity index (χ1v) is 7.88. The van der Waals surface area contributed by atoms with Crippen LogP contribution in [-0.4, -0.2) is 10.7 Å². The van der Waals surface area contributed by atoms with Gasteiger partial charge in [0.2, 0.25) is 0 Å². The highest BCUT2D eigenvalue weighted by Crippen LogP contribution is 2.30. The van der Waals surface area contributed by atoms with Crippen molar-refractivity contribution in [3.63, 3.8) is 0 Å². The number of furan rings is 1. The maximum Gasteiger partial charge on any atom is 0.125 e. The van der Waals surface area contributed by atoms with E-state index in [9.17, 15) is 0 Å². The maximum atomic E-state index is 5.89. The van der Waals surface area contributed by atoms with Gasteiger partial charge in [-0.2, -0.15) is 0 Å². The fourth-order valence-electron chi connectivity index (χ4n) is 2.02. The van der Waals surface area contributed by atoms with Crippen LogP contribution in [0.1, 0.15) is 31.2 Å². The van der Waals surface area contributed by atoms with Crippen LogP contribution < -0.4 is 11.1 Å². The van der Waals surface area contributed by atoms with E-state index in [2.05, 4.69) is 12.2 Å². The molecule has 1 heterocycles. The summed E-state index contributed by atoms with van der Waals surface area (Å²) in [5.74, 6) is 1.86. The summed E-state index contributed by atoms with van der Waals surface area (Å²) in [7, 11) is 0. The number of thioether (sulfide) groups is 1. The molecule has 0 saturated carbocycles. The summed E-state index contributed by atoms with van der Waals surface area (Å²) in [4.78, 5) is 1.52. The Labute approximate surface area is 128 Å². The van der Waals surface area contributed by atoms with E-state index >= 15 is 0 Å². The van der Waals surface area contributed by atoms with E-state index in [1.807, 2.05) is 37.3 Å². The summed E-state index contributed by atoms with van der Waals surface area (Å²) in [6.07, 6.45) is 1.67. The Morgan fingerprint density at radius 1 is 1.40 bits per heavy atom. The molecule has 2 rings (SSSR count). The predicted molar refractivity (Wildman–Crippen MR) is 89.5 cm³/mol. The third-order valence-electron chi connectivity index (χ3n) is 2.91. The van der Waals surface area contributed by atoms with Crippen LogP contribution in [0.3, 0.4) is 0 Å². The lowest BCUT2D eigenvalue weighted by molar-refractivity contribution is 0.490. The van der Waals surface area contributed by atoms with Gasteiger partial charge in [0.15, 0.2) is 0 Å². The molecule has 3 nitrogen and oxygen atoms in total. The van der Waals surface area contributed by atoms with Gasteiger partial charge in [0.1, 0.15) is 10.7 Å². The van der Waals surface area contributed by atoms with Crippen molar-refractivity contribution in [2.24, 2.45) is 5.73 Å². The van der Waals surface area contributed by atoms with Gasteiger partial charge in [-0.1, -0.05) is 25.2 Å².